The van der Waals surface area contributed by atoms with Crippen molar-refractivity contribution in [1.29, 1.82) is 0 Å². The van der Waals surface area contributed by atoms with Crippen LogP contribution in [-0.4, -0.2) is 39.3 Å². The lowest BCUT2D eigenvalue weighted by Crippen LogP contribution is -2.29. The number of ether oxygens (including phenoxy) is 1. The van der Waals surface area contributed by atoms with Crippen molar-refractivity contribution in [3.63, 3.8) is 0 Å². The largest absolute Gasteiger partial charge is 0.507 e. The van der Waals surface area contributed by atoms with Crippen LogP contribution in [0.15, 0.2) is 78.5 Å². The van der Waals surface area contributed by atoms with Gasteiger partial charge in [0.1, 0.15) is 11.8 Å². The first-order valence-electron chi connectivity index (χ1n) is 11.5. The zero-order chi connectivity index (χ0) is 24.9. The van der Waals surface area contributed by atoms with E-state index in [-0.39, 0.29) is 24.5 Å². The molecule has 1 unspecified atom stereocenters. The summed E-state index contributed by atoms with van der Waals surface area (Å²) >= 11 is 0. The zero-order valence-electron chi connectivity index (χ0n) is 19.6. The van der Waals surface area contributed by atoms with Crippen molar-refractivity contribution in [2.75, 3.05) is 6.61 Å². The van der Waals surface area contributed by atoms with E-state index in [2.05, 4.69) is 4.98 Å². The number of carbonyl (C=O) groups excluding carboxylic acids is 3. The highest BCUT2D eigenvalue weighted by molar-refractivity contribution is 6.46. The number of rotatable bonds is 7. The molecule has 1 N–H and O–H groups in total. The van der Waals surface area contributed by atoms with Crippen molar-refractivity contribution < 1.29 is 24.2 Å². The first kappa shape index (κ1) is 23.9. The molecule has 4 rings (SSSR count). The van der Waals surface area contributed by atoms with Crippen molar-refractivity contribution in [3.05, 3.63) is 106 Å². The van der Waals surface area contributed by atoms with Crippen LogP contribution >= 0.6 is 0 Å². The second-order valence-electron chi connectivity index (χ2n) is 8.15. The van der Waals surface area contributed by atoms with E-state index >= 15 is 0 Å². The van der Waals surface area contributed by atoms with E-state index in [0.29, 0.717) is 22.4 Å². The Morgan fingerprint density at radius 1 is 0.943 bits per heavy atom. The minimum atomic E-state index is -0.855. The van der Waals surface area contributed by atoms with E-state index in [1.807, 2.05) is 19.1 Å². The van der Waals surface area contributed by atoms with Crippen LogP contribution in [0.25, 0.3) is 5.76 Å². The Morgan fingerprint density at radius 3 is 2.20 bits per heavy atom. The fraction of sp³-hybridized carbons (Fsp3) is 0.214. The van der Waals surface area contributed by atoms with Gasteiger partial charge in [-0.05, 0) is 48.7 Å². The minimum absolute atomic E-state index is 0.00101. The van der Waals surface area contributed by atoms with Gasteiger partial charge in [-0.3, -0.25) is 14.6 Å². The molecule has 7 nitrogen and oxygen atoms in total. The fourth-order valence-electron chi connectivity index (χ4n) is 4.10. The third-order valence-electron chi connectivity index (χ3n) is 5.96. The quantitative estimate of drug-likeness (QED) is 0.237. The number of ketones is 1. The average molecular weight is 471 g/mol. The van der Waals surface area contributed by atoms with Gasteiger partial charge < -0.3 is 14.7 Å². The van der Waals surface area contributed by atoms with E-state index in [4.69, 9.17) is 4.74 Å². The molecular weight excluding hydrogens is 444 g/mol. The molecule has 35 heavy (non-hydrogen) atoms. The summed E-state index contributed by atoms with van der Waals surface area (Å²) in [7, 11) is 0. The van der Waals surface area contributed by atoms with Crippen LogP contribution in [-0.2, 0) is 27.3 Å². The number of carbonyl (C=O) groups is 3. The number of likely N-dealkylation sites (tertiary alicyclic amines) is 1. The third-order valence-corrected chi connectivity index (χ3v) is 5.96. The lowest BCUT2D eigenvalue weighted by Gasteiger charge is -2.24. The van der Waals surface area contributed by atoms with Gasteiger partial charge in [-0.1, -0.05) is 49.4 Å². The Kier molecular flexibility index (Phi) is 7.06. The lowest BCUT2D eigenvalue weighted by atomic mass is 9.97. The lowest BCUT2D eigenvalue weighted by molar-refractivity contribution is -0.140. The molecule has 0 bridgehead atoms. The van der Waals surface area contributed by atoms with Crippen LogP contribution in [0, 0.1) is 0 Å². The molecular formula is C28H26N2O5. The maximum absolute atomic E-state index is 13.1. The molecule has 3 aromatic rings. The molecule has 1 aliphatic rings. The van der Waals surface area contributed by atoms with E-state index in [9.17, 15) is 19.5 Å². The Bertz CT molecular complexity index is 1260. The molecule has 1 aliphatic heterocycles. The molecule has 1 amide bonds. The summed E-state index contributed by atoms with van der Waals surface area (Å²) in [4.78, 5) is 44.0. The number of hydrogen-bond acceptors (Lipinski definition) is 6. The number of aryl methyl sites for hydroxylation is 1. The highest BCUT2D eigenvalue weighted by atomic mass is 16.5. The molecule has 2 heterocycles. The van der Waals surface area contributed by atoms with Gasteiger partial charge >= 0.3 is 5.97 Å². The van der Waals surface area contributed by atoms with Crippen molar-refractivity contribution in [3.8, 4) is 0 Å². The fourth-order valence-corrected chi connectivity index (χ4v) is 4.10. The normalized spacial score (nSPS) is 17.0. The van der Waals surface area contributed by atoms with Gasteiger partial charge in [-0.2, -0.15) is 0 Å². The number of benzene rings is 2. The summed E-state index contributed by atoms with van der Waals surface area (Å²) in [6.45, 7) is 4.14. The van der Waals surface area contributed by atoms with Crippen molar-refractivity contribution in [2.24, 2.45) is 0 Å². The number of pyridine rings is 1. The average Bonchev–Trinajstić information content (AvgIpc) is 3.14. The van der Waals surface area contributed by atoms with Crippen LogP contribution < -0.4 is 0 Å². The van der Waals surface area contributed by atoms with Gasteiger partial charge in [0.25, 0.3) is 11.7 Å². The Morgan fingerprint density at radius 2 is 1.60 bits per heavy atom. The minimum Gasteiger partial charge on any atom is -0.507 e. The maximum Gasteiger partial charge on any atom is 0.338 e. The molecule has 0 spiro atoms. The summed E-state index contributed by atoms with van der Waals surface area (Å²) in [6, 6.07) is 18.3. The molecule has 0 saturated carbocycles. The standard InChI is InChI=1S/C28H26N2O5/c1-3-18-8-12-20(13-9-18)25(31)23-24(22-7-5-6-16-29-22)30(27(33)26(23)32)17-19-10-14-21(15-11-19)28(34)35-4-2/h5-16,24,31H,3-4,17H2,1-2H3/b25-23+. The number of aliphatic hydroxyl groups excluding tert-OH is 1. The topological polar surface area (TPSA) is 96.8 Å². The molecule has 1 aromatic heterocycles. The summed E-state index contributed by atoms with van der Waals surface area (Å²) in [5.41, 5.74) is 3.14. The van der Waals surface area contributed by atoms with Crippen molar-refractivity contribution in [1.82, 2.24) is 9.88 Å². The number of Topliss-reactive ketones (excluding diaryl/α,β-unsaturated/α-hetero) is 1. The summed E-state index contributed by atoms with van der Waals surface area (Å²) in [5, 5.41) is 11.1. The van der Waals surface area contributed by atoms with Gasteiger partial charge in [-0.15, -0.1) is 0 Å². The van der Waals surface area contributed by atoms with Gasteiger partial charge in [0.2, 0.25) is 0 Å². The molecule has 2 aromatic carbocycles. The third kappa shape index (κ3) is 4.84. The molecule has 1 fully saturated rings. The van der Waals surface area contributed by atoms with Crippen molar-refractivity contribution in [2.45, 2.75) is 32.9 Å². The number of aliphatic hydroxyl groups is 1. The smallest absolute Gasteiger partial charge is 0.338 e. The second-order valence-corrected chi connectivity index (χ2v) is 8.15. The van der Waals surface area contributed by atoms with E-state index in [1.54, 1.807) is 67.7 Å². The van der Waals surface area contributed by atoms with Gasteiger partial charge in [0.15, 0.2) is 0 Å². The van der Waals surface area contributed by atoms with Gasteiger partial charge in [0, 0.05) is 18.3 Å². The highest BCUT2D eigenvalue weighted by Crippen LogP contribution is 2.39. The molecule has 1 saturated heterocycles. The number of amides is 1. The van der Waals surface area contributed by atoms with Crippen LogP contribution in [0.3, 0.4) is 0 Å². The Labute approximate surface area is 203 Å². The van der Waals surface area contributed by atoms with Crippen LogP contribution in [0.1, 0.15) is 52.6 Å². The molecule has 0 radical (unpaired) electrons. The number of hydrogen-bond donors (Lipinski definition) is 1. The molecule has 7 heteroatoms. The summed E-state index contributed by atoms with van der Waals surface area (Å²) in [5.74, 6) is -2.15. The van der Waals surface area contributed by atoms with E-state index in [1.165, 1.54) is 4.90 Å². The maximum atomic E-state index is 13.1. The van der Waals surface area contributed by atoms with Gasteiger partial charge in [-0.25, -0.2) is 4.79 Å². The van der Waals surface area contributed by atoms with Crippen molar-refractivity contribution >= 4 is 23.4 Å². The molecule has 0 aliphatic carbocycles. The van der Waals surface area contributed by atoms with E-state index < -0.39 is 23.7 Å². The first-order chi connectivity index (χ1) is 16.9. The highest BCUT2D eigenvalue weighted by Gasteiger charge is 2.46. The molecule has 178 valence electrons. The summed E-state index contributed by atoms with van der Waals surface area (Å²) in [6.07, 6.45) is 2.42. The summed E-state index contributed by atoms with van der Waals surface area (Å²) < 4.78 is 5.01. The number of nitrogens with zero attached hydrogens (tertiary/aromatic N) is 2. The second kappa shape index (κ2) is 10.3. The number of esters is 1. The number of aromatic nitrogens is 1. The Hall–Kier alpha value is -4.26. The van der Waals surface area contributed by atoms with Crippen LogP contribution in [0.2, 0.25) is 0 Å². The first-order valence-corrected chi connectivity index (χ1v) is 11.5. The monoisotopic (exact) mass is 470 g/mol. The van der Waals surface area contributed by atoms with Gasteiger partial charge in [0.05, 0.1) is 23.4 Å². The van der Waals surface area contributed by atoms with Crippen LogP contribution in [0.4, 0.5) is 0 Å². The Balaban J connectivity index is 1.73. The molecule has 1 atom stereocenters. The predicted octanol–water partition coefficient (Wildman–Crippen LogP) is 4.44. The zero-order valence-corrected chi connectivity index (χ0v) is 19.6. The van der Waals surface area contributed by atoms with Crippen LogP contribution in [0.5, 0.6) is 0 Å². The SMILES string of the molecule is CCOC(=O)c1ccc(CN2C(=O)C(=O)/C(=C(/O)c3ccc(CC)cc3)C2c2ccccn2)cc1. The predicted molar refractivity (Wildman–Crippen MR) is 130 cm³/mol. The van der Waals surface area contributed by atoms with E-state index in [0.717, 1.165) is 12.0 Å².